The number of esters is 1. The van der Waals surface area contributed by atoms with Gasteiger partial charge in [-0.2, -0.15) is 8.42 Å². The van der Waals surface area contributed by atoms with Crippen LogP contribution in [0.25, 0.3) is 0 Å². The van der Waals surface area contributed by atoms with Crippen molar-refractivity contribution in [1.29, 1.82) is 0 Å². The molecule has 0 bridgehead atoms. The summed E-state index contributed by atoms with van der Waals surface area (Å²) in [7, 11) is -5.00. The minimum atomic E-state index is -5.00. The number of halogens is 1. The van der Waals surface area contributed by atoms with Gasteiger partial charge in [-0.25, -0.2) is 4.79 Å². The Balaban J connectivity index is 2.02. The van der Waals surface area contributed by atoms with E-state index in [-0.39, 0.29) is 39.5 Å². The van der Waals surface area contributed by atoms with Crippen LogP contribution in [0, 0.1) is 0 Å². The van der Waals surface area contributed by atoms with Crippen LogP contribution < -0.4 is 4.74 Å². The summed E-state index contributed by atoms with van der Waals surface area (Å²) in [6.07, 6.45) is 0. The van der Waals surface area contributed by atoms with Crippen molar-refractivity contribution in [2.45, 2.75) is 10.5 Å². The quantitative estimate of drug-likeness (QED) is 0.382. The van der Waals surface area contributed by atoms with Crippen molar-refractivity contribution >= 4 is 27.7 Å². The molecule has 2 aliphatic rings. The highest BCUT2D eigenvalue weighted by molar-refractivity contribution is 7.86. The molecule has 10 heteroatoms. The monoisotopic (exact) mass is 446 g/mol. The molecule has 0 radical (unpaired) electrons. The lowest BCUT2D eigenvalue weighted by atomic mass is 9.77. The second-order valence-electron chi connectivity index (χ2n) is 6.79. The van der Waals surface area contributed by atoms with Crippen LogP contribution >= 0.6 is 11.6 Å². The van der Waals surface area contributed by atoms with E-state index in [0.29, 0.717) is 0 Å². The number of rotatable bonds is 1. The number of ether oxygens (including phenoxy) is 2. The van der Waals surface area contributed by atoms with E-state index in [4.69, 9.17) is 21.1 Å². The summed E-state index contributed by atoms with van der Waals surface area (Å²) < 4.78 is 46.0. The largest absolute Gasteiger partial charge is 0.508 e. The van der Waals surface area contributed by atoms with E-state index in [9.17, 15) is 28.0 Å². The molecule has 0 saturated heterocycles. The first kappa shape index (κ1) is 18.7. The van der Waals surface area contributed by atoms with Crippen LogP contribution in [0.2, 0.25) is 5.02 Å². The number of hydrogen-bond acceptors (Lipinski definition) is 7. The fourth-order valence-corrected chi connectivity index (χ4v) is 5.27. The van der Waals surface area contributed by atoms with E-state index in [2.05, 4.69) is 0 Å². The molecular weight excluding hydrogens is 436 g/mol. The van der Waals surface area contributed by atoms with Gasteiger partial charge in [-0.1, -0.05) is 29.8 Å². The fraction of sp³-hybridized carbons (Fsp3) is 0.0500. The fourth-order valence-electron chi connectivity index (χ4n) is 4.00. The van der Waals surface area contributed by atoms with Gasteiger partial charge >= 0.3 is 5.97 Å². The first-order chi connectivity index (χ1) is 14.1. The summed E-state index contributed by atoms with van der Waals surface area (Å²) in [5, 5.41) is 19.4. The van der Waals surface area contributed by atoms with Gasteiger partial charge in [0.1, 0.15) is 32.9 Å². The topological polar surface area (TPSA) is 130 Å². The van der Waals surface area contributed by atoms with Crippen LogP contribution in [-0.4, -0.2) is 29.2 Å². The molecular formula is C20H11ClO8S. The normalized spacial score (nSPS) is 18.9. The summed E-state index contributed by atoms with van der Waals surface area (Å²) in [5.41, 5.74) is -1.44. The zero-order valence-electron chi connectivity index (χ0n) is 14.8. The third-order valence-electron chi connectivity index (χ3n) is 5.11. The number of hydrogen-bond donors (Lipinski definition) is 3. The lowest BCUT2D eigenvalue weighted by molar-refractivity contribution is 0.0214. The second-order valence-corrected chi connectivity index (χ2v) is 8.52. The molecule has 0 aliphatic carbocycles. The molecule has 2 aliphatic heterocycles. The Hall–Kier alpha value is -3.27. The van der Waals surface area contributed by atoms with Crippen LogP contribution in [0.1, 0.15) is 27.0 Å². The predicted octanol–water partition coefficient (Wildman–Crippen LogP) is 3.57. The third kappa shape index (κ3) is 2.30. The van der Waals surface area contributed by atoms with Gasteiger partial charge in [-0.3, -0.25) is 4.55 Å². The van der Waals surface area contributed by atoms with E-state index in [0.717, 1.165) is 6.07 Å². The van der Waals surface area contributed by atoms with Crippen LogP contribution in [0.5, 0.6) is 23.0 Å². The van der Waals surface area contributed by atoms with Crippen LogP contribution in [0.3, 0.4) is 0 Å². The van der Waals surface area contributed by atoms with Crippen LogP contribution in [0.4, 0.5) is 0 Å². The van der Waals surface area contributed by atoms with E-state index < -0.39 is 37.4 Å². The Labute approximate surface area is 174 Å². The average molecular weight is 447 g/mol. The smallest absolute Gasteiger partial charge is 0.340 e. The number of benzene rings is 3. The molecule has 0 amide bonds. The van der Waals surface area contributed by atoms with Gasteiger partial charge in [0.15, 0.2) is 5.60 Å². The van der Waals surface area contributed by atoms with Gasteiger partial charge in [0, 0.05) is 23.3 Å². The molecule has 3 aromatic carbocycles. The summed E-state index contributed by atoms with van der Waals surface area (Å²) in [6.45, 7) is 0. The Kier molecular flexibility index (Phi) is 3.67. The van der Waals surface area contributed by atoms with E-state index >= 15 is 0 Å². The highest BCUT2D eigenvalue weighted by Gasteiger charge is 2.56. The molecule has 3 N–H and O–H groups in total. The highest BCUT2D eigenvalue weighted by atomic mass is 35.5. The Morgan fingerprint density at radius 1 is 0.967 bits per heavy atom. The molecule has 152 valence electrons. The standard InChI is InChI=1S/C20H11ClO8S/c21-17-13(23)8-15-16(18(17)30(25,26)27)20(12-6-5-9(22)7-14(12)28-15)11-4-2-1-3-10(11)19(24)29-20/h1-8,22-23H,(H,25,26,27). The summed E-state index contributed by atoms with van der Waals surface area (Å²) >= 11 is 6.07. The van der Waals surface area contributed by atoms with Crippen molar-refractivity contribution in [2.75, 3.05) is 0 Å². The molecule has 8 nitrogen and oxygen atoms in total. The Morgan fingerprint density at radius 3 is 2.43 bits per heavy atom. The number of phenols is 2. The minimum Gasteiger partial charge on any atom is -0.508 e. The summed E-state index contributed by atoms with van der Waals surface area (Å²) in [4.78, 5) is 11.9. The molecule has 30 heavy (non-hydrogen) atoms. The Bertz CT molecular complexity index is 1380. The molecule has 0 aromatic heterocycles. The first-order valence-corrected chi connectivity index (χ1v) is 10.3. The van der Waals surface area contributed by atoms with Gasteiger partial charge < -0.3 is 19.7 Å². The molecule has 3 aromatic rings. The predicted molar refractivity (Wildman–Crippen MR) is 103 cm³/mol. The van der Waals surface area contributed by atoms with Gasteiger partial charge in [-0.05, 0) is 18.2 Å². The number of carbonyl (C=O) groups excluding carboxylic acids is 1. The lowest BCUT2D eigenvalue weighted by Gasteiger charge is -2.37. The lowest BCUT2D eigenvalue weighted by Crippen LogP contribution is -2.35. The summed E-state index contributed by atoms with van der Waals surface area (Å²) in [6, 6.07) is 11.4. The van der Waals surface area contributed by atoms with E-state index in [1.807, 2.05) is 0 Å². The number of aromatic hydroxyl groups is 2. The van der Waals surface area contributed by atoms with E-state index in [1.54, 1.807) is 18.2 Å². The maximum atomic E-state index is 12.7. The van der Waals surface area contributed by atoms with Crippen LogP contribution in [-0.2, 0) is 20.5 Å². The SMILES string of the molecule is O=C1OC2(c3ccc(O)cc3Oc3cc(O)c(Cl)c(S(=O)(=O)O)c32)c2ccccc21. The number of fused-ring (bicyclic) bond motifs is 6. The zero-order valence-corrected chi connectivity index (χ0v) is 16.4. The van der Waals surface area contributed by atoms with Crippen molar-refractivity contribution in [1.82, 2.24) is 0 Å². The van der Waals surface area contributed by atoms with Crippen molar-refractivity contribution in [3.63, 3.8) is 0 Å². The zero-order chi connectivity index (χ0) is 21.4. The van der Waals surface area contributed by atoms with Crippen molar-refractivity contribution in [3.8, 4) is 23.0 Å². The maximum absolute atomic E-state index is 12.7. The van der Waals surface area contributed by atoms with Crippen molar-refractivity contribution in [2.24, 2.45) is 0 Å². The van der Waals surface area contributed by atoms with Gasteiger partial charge in [-0.15, -0.1) is 0 Å². The van der Waals surface area contributed by atoms with Gasteiger partial charge in [0.05, 0.1) is 11.1 Å². The molecule has 1 atom stereocenters. The molecule has 1 unspecified atom stereocenters. The Morgan fingerprint density at radius 2 is 1.70 bits per heavy atom. The maximum Gasteiger partial charge on any atom is 0.340 e. The molecule has 1 spiro atoms. The van der Waals surface area contributed by atoms with Crippen molar-refractivity contribution < 1.29 is 37.5 Å². The van der Waals surface area contributed by atoms with E-state index in [1.165, 1.54) is 24.3 Å². The number of phenolic OH excluding ortho intramolecular Hbond substituents is 2. The van der Waals surface area contributed by atoms with Crippen LogP contribution in [0.15, 0.2) is 53.4 Å². The van der Waals surface area contributed by atoms with Crippen molar-refractivity contribution in [3.05, 3.63) is 75.8 Å². The van der Waals surface area contributed by atoms with Gasteiger partial charge in [0.2, 0.25) is 0 Å². The number of carbonyl (C=O) groups is 1. The second kappa shape index (κ2) is 5.88. The third-order valence-corrected chi connectivity index (χ3v) is 6.53. The minimum absolute atomic E-state index is 0.0648. The van der Waals surface area contributed by atoms with Gasteiger partial charge in [0.25, 0.3) is 10.1 Å². The highest BCUT2D eigenvalue weighted by Crippen LogP contribution is 2.59. The summed E-state index contributed by atoms with van der Waals surface area (Å²) in [5.74, 6) is -1.71. The molecule has 0 fully saturated rings. The first-order valence-electron chi connectivity index (χ1n) is 8.52. The molecule has 5 rings (SSSR count). The average Bonchev–Trinajstić information content (AvgIpc) is 2.96. The molecule has 0 saturated carbocycles. The molecule has 2 heterocycles.